The first-order valence-electron chi connectivity index (χ1n) is 9.72. The van der Waals surface area contributed by atoms with Crippen LogP contribution >= 0.6 is 11.6 Å². The molecule has 2 atom stereocenters. The summed E-state index contributed by atoms with van der Waals surface area (Å²) in [5.41, 5.74) is 0.326. The molecule has 2 aliphatic rings. The number of alkyl halides is 3. The highest BCUT2D eigenvalue weighted by Gasteiger charge is 2.41. The summed E-state index contributed by atoms with van der Waals surface area (Å²) >= 11 is 5.75. The zero-order valence-electron chi connectivity index (χ0n) is 15.8. The van der Waals surface area contributed by atoms with Crippen molar-refractivity contribution in [1.29, 1.82) is 0 Å². The molecule has 0 amide bonds. The molecule has 0 spiro atoms. The molecule has 2 unspecified atom stereocenters. The zero-order valence-corrected chi connectivity index (χ0v) is 16.6. The fourth-order valence-corrected chi connectivity index (χ4v) is 4.18. The molecule has 0 aromatic carbocycles. The monoisotopic (exact) mass is 406 g/mol. The summed E-state index contributed by atoms with van der Waals surface area (Å²) in [6.07, 6.45) is 1.60. The summed E-state index contributed by atoms with van der Waals surface area (Å²) in [4.78, 5) is 23.1. The Morgan fingerprint density at radius 1 is 1.07 bits per heavy atom. The molecule has 0 heterocycles. The van der Waals surface area contributed by atoms with Crippen molar-refractivity contribution in [2.24, 2.45) is 11.8 Å². The molecule has 4 nitrogen and oxygen atoms in total. The summed E-state index contributed by atoms with van der Waals surface area (Å²) < 4.78 is 38.1. The van der Waals surface area contributed by atoms with E-state index in [1.54, 1.807) is 6.92 Å². The second kappa shape index (κ2) is 10.4. The van der Waals surface area contributed by atoms with E-state index in [-0.39, 0.29) is 36.9 Å². The average molecular weight is 407 g/mol. The van der Waals surface area contributed by atoms with Gasteiger partial charge in [-0.2, -0.15) is 0 Å². The lowest BCUT2D eigenvalue weighted by atomic mass is 9.72. The van der Waals surface area contributed by atoms with Crippen LogP contribution in [0.5, 0.6) is 0 Å². The molecular formula is C20H29ClF2O4. The second-order valence-electron chi connectivity index (χ2n) is 7.75. The van der Waals surface area contributed by atoms with Gasteiger partial charge in [0.05, 0.1) is 12.0 Å². The van der Waals surface area contributed by atoms with Crippen molar-refractivity contribution >= 4 is 23.5 Å². The lowest BCUT2D eigenvalue weighted by molar-refractivity contribution is -0.152. The molecule has 0 bridgehead atoms. The molecule has 7 heteroatoms. The highest BCUT2D eigenvalue weighted by molar-refractivity contribution is 6.21. The van der Waals surface area contributed by atoms with Gasteiger partial charge < -0.3 is 9.47 Å². The number of rotatable bonds is 7. The number of hydrogen-bond acceptors (Lipinski definition) is 4. The van der Waals surface area contributed by atoms with Crippen molar-refractivity contribution in [3.63, 3.8) is 0 Å². The molecule has 2 rings (SSSR count). The Morgan fingerprint density at radius 3 is 2.22 bits per heavy atom. The van der Waals surface area contributed by atoms with E-state index >= 15 is 0 Å². The van der Waals surface area contributed by atoms with Gasteiger partial charge in [-0.3, -0.25) is 4.79 Å². The standard InChI is InChI=1S/C20H29ClF2O4/c1-12(2)20(25)26-9-3-4-18(24)27-15-7-5-13(6-8-15)14-10-16(22)19(21)17(23)11-14/h13-17,19H,1,3-11H2,2H3. The van der Waals surface area contributed by atoms with Crippen LogP contribution in [0.1, 0.15) is 58.3 Å². The van der Waals surface area contributed by atoms with E-state index in [1.165, 1.54) is 0 Å². The number of halogens is 3. The maximum absolute atomic E-state index is 13.8. The van der Waals surface area contributed by atoms with E-state index < -0.39 is 23.7 Å². The summed E-state index contributed by atoms with van der Waals surface area (Å²) in [5, 5.41) is -1.02. The first-order chi connectivity index (χ1) is 12.8. The number of carbonyl (C=O) groups excluding carboxylic acids is 2. The van der Waals surface area contributed by atoms with Crippen molar-refractivity contribution in [3.05, 3.63) is 12.2 Å². The van der Waals surface area contributed by atoms with Gasteiger partial charge in [0, 0.05) is 12.0 Å². The molecule has 0 aliphatic heterocycles. The van der Waals surface area contributed by atoms with E-state index in [1.807, 2.05) is 0 Å². The third-order valence-electron chi connectivity index (χ3n) is 5.54. The van der Waals surface area contributed by atoms with Crippen molar-refractivity contribution in [2.75, 3.05) is 6.61 Å². The second-order valence-corrected chi connectivity index (χ2v) is 8.26. The Hall–Kier alpha value is -1.17. The third-order valence-corrected chi connectivity index (χ3v) is 6.08. The number of ether oxygens (including phenoxy) is 2. The van der Waals surface area contributed by atoms with E-state index in [4.69, 9.17) is 21.1 Å². The Labute approximate surface area is 164 Å². The average Bonchev–Trinajstić information content (AvgIpc) is 2.63. The van der Waals surface area contributed by atoms with Gasteiger partial charge in [-0.05, 0) is 63.7 Å². The first-order valence-corrected chi connectivity index (χ1v) is 10.2. The topological polar surface area (TPSA) is 52.6 Å². The summed E-state index contributed by atoms with van der Waals surface area (Å²) in [7, 11) is 0. The van der Waals surface area contributed by atoms with Gasteiger partial charge in [-0.1, -0.05) is 6.58 Å². The van der Waals surface area contributed by atoms with E-state index in [2.05, 4.69) is 6.58 Å². The minimum Gasteiger partial charge on any atom is -0.462 e. The fourth-order valence-electron chi connectivity index (χ4n) is 3.97. The van der Waals surface area contributed by atoms with Crippen LogP contribution in [-0.4, -0.2) is 42.4 Å². The normalized spacial score (nSPS) is 33.9. The Morgan fingerprint density at radius 2 is 1.67 bits per heavy atom. The minimum atomic E-state index is -1.28. The van der Waals surface area contributed by atoms with Crippen LogP contribution < -0.4 is 0 Å². The highest BCUT2D eigenvalue weighted by Crippen LogP contribution is 2.42. The maximum Gasteiger partial charge on any atom is 0.333 e. The van der Waals surface area contributed by atoms with E-state index in [0.717, 1.165) is 25.7 Å². The SMILES string of the molecule is C=C(C)C(=O)OCCCC(=O)OC1CCC(C2CC(F)C(Cl)C(F)C2)CC1. The van der Waals surface area contributed by atoms with Crippen molar-refractivity contribution < 1.29 is 27.8 Å². The quantitative estimate of drug-likeness (QED) is 0.266. The Kier molecular flexibility index (Phi) is 8.52. The summed E-state index contributed by atoms with van der Waals surface area (Å²) in [6.45, 7) is 5.21. The van der Waals surface area contributed by atoms with Gasteiger partial charge in [-0.15, -0.1) is 11.6 Å². The van der Waals surface area contributed by atoms with Crippen LogP contribution in [-0.2, 0) is 19.1 Å². The largest absolute Gasteiger partial charge is 0.462 e. The van der Waals surface area contributed by atoms with Gasteiger partial charge in [0.25, 0.3) is 0 Å². The lowest BCUT2D eigenvalue weighted by Gasteiger charge is -2.39. The predicted molar refractivity (Wildman–Crippen MR) is 99.0 cm³/mol. The van der Waals surface area contributed by atoms with Crippen LogP contribution in [0, 0.1) is 11.8 Å². The van der Waals surface area contributed by atoms with Crippen LogP contribution in [0.25, 0.3) is 0 Å². The van der Waals surface area contributed by atoms with Gasteiger partial charge >= 0.3 is 11.9 Å². The first kappa shape index (κ1) is 22.1. The minimum absolute atomic E-state index is 0.0182. The summed E-state index contributed by atoms with van der Waals surface area (Å²) in [5.74, 6) is -0.483. The molecule has 154 valence electrons. The van der Waals surface area contributed by atoms with Gasteiger partial charge in [0.15, 0.2) is 0 Å². The molecule has 0 saturated heterocycles. The molecule has 0 N–H and O–H groups in total. The molecular weight excluding hydrogens is 378 g/mol. The van der Waals surface area contributed by atoms with E-state index in [0.29, 0.717) is 24.8 Å². The Balaban J connectivity index is 1.63. The maximum atomic E-state index is 13.8. The van der Waals surface area contributed by atoms with Crippen molar-refractivity contribution in [1.82, 2.24) is 0 Å². The van der Waals surface area contributed by atoms with Crippen LogP contribution in [0.2, 0.25) is 0 Å². The Bertz CT molecular complexity index is 522. The third kappa shape index (κ3) is 6.74. The van der Waals surface area contributed by atoms with E-state index in [9.17, 15) is 18.4 Å². The van der Waals surface area contributed by atoms with Crippen molar-refractivity contribution in [2.45, 2.75) is 82.1 Å². The van der Waals surface area contributed by atoms with Gasteiger partial charge in [0.2, 0.25) is 0 Å². The summed E-state index contributed by atoms with van der Waals surface area (Å²) in [6, 6.07) is 0. The number of hydrogen-bond donors (Lipinski definition) is 0. The molecule has 27 heavy (non-hydrogen) atoms. The predicted octanol–water partition coefficient (Wildman–Crippen LogP) is 4.68. The molecule has 2 saturated carbocycles. The van der Waals surface area contributed by atoms with Gasteiger partial charge in [0.1, 0.15) is 18.4 Å². The number of carbonyl (C=O) groups is 2. The van der Waals surface area contributed by atoms with Gasteiger partial charge in [-0.25, -0.2) is 13.6 Å². The smallest absolute Gasteiger partial charge is 0.333 e. The zero-order chi connectivity index (χ0) is 20.0. The number of esters is 2. The van der Waals surface area contributed by atoms with Crippen LogP contribution in [0.4, 0.5) is 8.78 Å². The molecule has 2 aliphatic carbocycles. The molecule has 0 aromatic rings. The lowest BCUT2D eigenvalue weighted by Crippen LogP contribution is -2.40. The molecule has 0 aromatic heterocycles. The molecule has 0 radical (unpaired) electrons. The van der Waals surface area contributed by atoms with Crippen molar-refractivity contribution in [3.8, 4) is 0 Å². The van der Waals surface area contributed by atoms with Crippen LogP contribution in [0.15, 0.2) is 12.2 Å². The highest BCUT2D eigenvalue weighted by atomic mass is 35.5. The fraction of sp³-hybridized carbons (Fsp3) is 0.800. The molecule has 2 fully saturated rings. The van der Waals surface area contributed by atoms with Crippen LogP contribution in [0.3, 0.4) is 0 Å².